The van der Waals surface area contributed by atoms with E-state index in [0.717, 1.165) is 43.4 Å². The van der Waals surface area contributed by atoms with Crippen molar-refractivity contribution >= 4 is 11.6 Å². The van der Waals surface area contributed by atoms with Crippen molar-refractivity contribution in [3.8, 4) is 0 Å². The molecule has 1 atom stereocenters. The molecular weight excluding hydrogens is 233 g/mol. The third kappa shape index (κ3) is 5.39. The van der Waals surface area contributed by atoms with E-state index >= 15 is 0 Å². The Labute approximate surface area is 106 Å². The van der Waals surface area contributed by atoms with Crippen LogP contribution in [0.3, 0.4) is 0 Å². The van der Waals surface area contributed by atoms with Gasteiger partial charge in [-0.05, 0) is 19.3 Å². The standard InChI is InChI=1S/C11H25ClNO.ClH/c1-4-7-13(8-5-2,9-6-3)11(14)10-12;/h11,14H,4-10H2,1-3H3;1H/q+1;/p-1. The monoisotopic (exact) mass is 257 g/mol. The van der Waals surface area contributed by atoms with Gasteiger partial charge in [-0.3, -0.25) is 4.48 Å². The Morgan fingerprint density at radius 2 is 1.33 bits per heavy atom. The van der Waals surface area contributed by atoms with Crippen LogP contribution in [0.4, 0.5) is 0 Å². The van der Waals surface area contributed by atoms with Crippen LogP contribution in [0.5, 0.6) is 0 Å². The molecule has 1 unspecified atom stereocenters. The quantitative estimate of drug-likeness (QED) is 0.357. The number of halogens is 2. The summed E-state index contributed by atoms with van der Waals surface area (Å²) in [5, 5.41) is 10.0. The summed E-state index contributed by atoms with van der Waals surface area (Å²) in [6, 6.07) is 0. The van der Waals surface area contributed by atoms with E-state index in [2.05, 4.69) is 20.8 Å². The lowest BCUT2D eigenvalue weighted by molar-refractivity contribution is -0.968. The summed E-state index contributed by atoms with van der Waals surface area (Å²) in [5.74, 6) is 0.347. The van der Waals surface area contributed by atoms with Gasteiger partial charge in [0, 0.05) is 0 Å². The predicted octanol–water partition coefficient (Wildman–Crippen LogP) is -0.406. The zero-order valence-corrected chi connectivity index (χ0v) is 11.7. The highest BCUT2D eigenvalue weighted by Crippen LogP contribution is 2.17. The van der Waals surface area contributed by atoms with Crippen molar-refractivity contribution < 1.29 is 22.0 Å². The molecule has 0 bridgehead atoms. The van der Waals surface area contributed by atoms with Gasteiger partial charge in [-0.2, -0.15) is 0 Å². The van der Waals surface area contributed by atoms with E-state index in [4.69, 9.17) is 11.6 Å². The molecule has 0 aliphatic heterocycles. The number of alkyl halides is 1. The van der Waals surface area contributed by atoms with Gasteiger partial charge < -0.3 is 17.5 Å². The second-order valence-electron chi connectivity index (χ2n) is 4.02. The molecule has 0 aliphatic rings. The fourth-order valence-corrected chi connectivity index (χ4v) is 2.56. The molecule has 2 nitrogen and oxygen atoms in total. The molecule has 4 heteroatoms. The Kier molecular flexibility index (Phi) is 11.6. The van der Waals surface area contributed by atoms with Gasteiger partial charge in [0.1, 0.15) is 5.88 Å². The molecule has 15 heavy (non-hydrogen) atoms. The van der Waals surface area contributed by atoms with Gasteiger partial charge >= 0.3 is 0 Å². The van der Waals surface area contributed by atoms with E-state index in [9.17, 15) is 5.11 Å². The fourth-order valence-electron chi connectivity index (χ4n) is 2.26. The summed E-state index contributed by atoms with van der Waals surface area (Å²) in [6.45, 7) is 9.61. The number of quaternary nitrogens is 1. The van der Waals surface area contributed by atoms with Crippen LogP contribution in [0.1, 0.15) is 40.0 Å². The van der Waals surface area contributed by atoms with E-state index in [0.29, 0.717) is 5.88 Å². The van der Waals surface area contributed by atoms with Crippen molar-refractivity contribution in [3.63, 3.8) is 0 Å². The molecule has 0 aromatic carbocycles. The second-order valence-corrected chi connectivity index (χ2v) is 4.33. The number of hydrogen-bond donors (Lipinski definition) is 1. The lowest BCUT2D eigenvalue weighted by Crippen LogP contribution is -3.00. The summed E-state index contributed by atoms with van der Waals surface area (Å²) in [7, 11) is 0. The zero-order chi connectivity index (χ0) is 11.0. The molecule has 0 amide bonds. The molecule has 0 spiro atoms. The summed E-state index contributed by atoms with van der Waals surface area (Å²) >= 11 is 5.78. The molecule has 0 aromatic rings. The lowest BCUT2D eigenvalue weighted by atomic mass is 10.2. The van der Waals surface area contributed by atoms with E-state index < -0.39 is 6.23 Å². The van der Waals surface area contributed by atoms with Gasteiger partial charge in [0.2, 0.25) is 6.23 Å². The van der Waals surface area contributed by atoms with Gasteiger partial charge in [-0.25, -0.2) is 0 Å². The molecule has 0 aliphatic carbocycles. The zero-order valence-electron chi connectivity index (χ0n) is 10.2. The summed E-state index contributed by atoms with van der Waals surface area (Å²) in [6.07, 6.45) is 2.92. The van der Waals surface area contributed by atoms with Crippen molar-refractivity contribution in [1.82, 2.24) is 0 Å². The summed E-state index contributed by atoms with van der Waals surface area (Å²) in [4.78, 5) is 0. The average Bonchev–Trinajstić information content (AvgIpc) is 2.17. The molecule has 0 aromatic heterocycles. The van der Waals surface area contributed by atoms with Crippen molar-refractivity contribution in [1.29, 1.82) is 0 Å². The van der Waals surface area contributed by atoms with Crippen molar-refractivity contribution in [2.45, 2.75) is 46.3 Å². The van der Waals surface area contributed by atoms with Gasteiger partial charge in [0.25, 0.3) is 0 Å². The third-order valence-corrected chi connectivity index (χ3v) is 3.05. The van der Waals surface area contributed by atoms with Crippen molar-refractivity contribution in [2.75, 3.05) is 25.5 Å². The molecule has 0 radical (unpaired) electrons. The molecular formula is C11H25Cl2NO. The second kappa shape index (κ2) is 9.71. The first-order valence-electron chi connectivity index (χ1n) is 5.76. The van der Waals surface area contributed by atoms with E-state index in [1.807, 2.05) is 0 Å². The number of nitrogens with zero attached hydrogens (tertiary/aromatic N) is 1. The fraction of sp³-hybridized carbons (Fsp3) is 1.00. The van der Waals surface area contributed by atoms with Gasteiger partial charge in [0.05, 0.1) is 19.6 Å². The Balaban J connectivity index is 0. The van der Waals surface area contributed by atoms with Crippen molar-refractivity contribution in [3.05, 3.63) is 0 Å². The normalized spacial score (nSPS) is 13.4. The van der Waals surface area contributed by atoms with Crippen LogP contribution in [0.25, 0.3) is 0 Å². The van der Waals surface area contributed by atoms with Crippen LogP contribution < -0.4 is 12.4 Å². The number of aliphatic hydroxyl groups is 1. The smallest absolute Gasteiger partial charge is 0.204 e. The molecule has 0 heterocycles. The average molecular weight is 258 g/mol. The lowest BCUT2D eigenvalue weighted by Gasteiger charge is -2.41. The van der Waals surface area contributed by atoms with Crippen LogP contribution >= 0.6 is 11.6 Å². The minimum atomic E-state index is -0.392. The topological polar surface area (TPSA) is 20.2 Å². The Bertz CT molecular complexity index is 128. The summed E-state index contributed by atoms with van der Waals surface area (Å²) in [5.41, 5.74) is 0. The van der Waals surface area contributed by atoms with E-state index in [-0.39, 0.29) is 12.4 Å². The SMILES string of the molecule is CCC[N+](CCC)(CCC)C(O)CCl.[Cl-]. The minimum Gasteiger partial charge on any atom is -1.00 e. The van der Waals surface area contributed by atoms with Crippen LogP contribution in [-0.2, 0) is 0 Å². The molecule has 0 fully saturated rings. The van der Waals surface area contributed by atoms with E-state index in [1.165, 1.54) is 0 Å². The first kappa shape index (κ1) is 17.9. The molecule has 0 rings (SSSR count). The predicted molar refractivity (Wildman–Crippen MR) is 62.5 cm³/mol. The maximum Gasteiger partial charge on any atom is 0.204 e. The number of hydrogen-bond acceptors (Lipinski definition) is 1. The first-order valence-corrected chi connectivity index (χ1v) is 6.30. The minimum absolute atomic E-state index is 0. The van der Waals surface area contributed by atoms with Gasteiger partial charge in [-0.1, -0.05) is 20.8 Å². The Hall–Kier alpha value is 0.500. The third-order valence-electron chi connectivity index (χ3n) is 2.78. The summed E-state index contributed by atoms with van der Waals surface area (Å²) < 4.78 is 0.785. The van der Waals surface area contributed by atoms with Crippen molar-refractivity contribution in [2.24, 2.45) is 0 Å². The number of aliphatic hydroxyl groups excluding tert-OH is 1. The largest absolute Gasteiger partial charge is 1.00 e. The van der Waals surface area contributed by atoms with Gasteiger partial charge in [0.15, 0.2) is 0 Å². The maximum atomic E-state index is 10.0. The van der Waals surface area contributed by atoms with E-state index in [1.54, 1.807) is 0 Å². The molecule has 94 valence electrons. The highest BCUT2D eigenvalue weighted by molar-refractivity contribution is 6.18. The number of rotatable bonds is 8. The molecule has 0 saturated carbocycles. The van der Waals surface area contributed by atoms with Crippen LogP contribution in [0.15, 0.2) is 0 Å². The Morgan fingerprint density at radius 3 is 1.53 bits per heavy atom. The highest BCUT2D eigenvalue weighted by Gasteiger charge is 2.32. The Morgan fingerprint density at radius 1 is 1.00 bits per heavy atom. The highest BCUT2D eigenvalue weighted by atomic mass is 35.5. The maximum absolute atomic E-state index is 10.0. The van der Waals surface area contributed by atoms with Crippen LogP contribution in [0.2, 0.25) is 0 Å². The molecule has 1 N–H and O–H groups in total. The van der Waals surface area contributed by atoms with Crippen LogP contribution in [-0.4, -0.2) is 41.3 Å². The van der Waals surface area contributed by atoms with Crippen LogP contribution in [0, 0.1) is 0 Å². The first-order chi connectivity index (χ1) is 6.66. The van der Waals surface area contributed by atoms with Gasteiger partial charge in [-0.15, -0.1) is 11.6 Å². The molecule has 0 saturated heterocycles.